The normalized spacial score (nSPS) is 24.1. The Bertz CT molecular complexity index is 535. The molecule has 0 aromatic heterocycles. The van der Waals surface area contributed by atoms with Gasteiger partial charge in [0.25, 0.3) is 11.8 Å². The first kappa shape index (κ1) is 16.6. The maximum Gasteiger partial charge on any atom is 0.261 e. The van der Waals surface area contributed by atoms with Gasteiger partial charge in [0.05, 0.1) is 11.1 Å². The molecule has 1 aromatic rings. The van der Waals surface area contributed by atoms with Crippen molar-refractivity contribution in [3.63, 3.8) is 0 Å². The second-order valence-corrected chi connectivity index (χ2v) is 6.59. The Labute approximate surface area is 130 Å². The van der Waals surface area contributed by atoms with Crippen LogP contribution in [0.1, 0.15) is 60.7 Å². The Morgan fingerprint density at radius 2 is 1.50 bits per heavy atom. The van der Waals surface area contributed by atoms with Crippen LogP contribution in [-0.4, -0.2) is 38.8 Å². The molecule has 2 atom stereocenters. The Morgan fingerprint density at radius 3 is 1.86 bits per heavy atom. The molecular weight excluding hydrogens is 282 g/mol. The number of rotatable bonds is 1. The lowest BCUT2D eigenvalue weighted by atomic mass is 10.1. The zero-order valence-electron chi connectivity index (χ0n) is 13.2. The second-order valence-electron chi connectivity index (χ2n) is 6.59. The first-order valence-electron chi connectivity index (χ1n) is 7.60. The molecule has 22 heavy (non-hydrogen) atoms. The minimum absolute atomic E-state index is 0.107. The number of benzene rings is 1. The first-order chi connectivity index (χ1) is 10.2. The highest BCUT2D eigenvalue weighted by Gasteiger charge is 2.41. The van der Waals surface area contributed by atoms with Gasteiger partial charge in [0.15, 0.2) is 5.79 Å². The minimum atomic E-state index is -1.50. The summed E-state index contributed by atoms with van der Waals surface area (Å²) in [7, 11) is 0. The Morgan fingerprint density at radius 1 is 1.05 bits per heavy atom. The zero-order valence-corrected chi connectivity index (χ0v) is 13.2. The zero-order chi connectivity index (χ0) is 16.5. The monoisotopic (exact) mass is 305 g/mol. The van der Waals surface area contributed by atoms with E-state index in [0.29, 0.717) is 17.0 Å². The van der Waals surface area contributed by atoms with E-state index in [1.165, 1.54) is 18.7 Å². The molecule has 1 aromatic carbocycles. The molecule has 0 spiro atoms. The SMILES string of the molecule is CC(C)(O)O.CC1CCC(N2C(=O)c3ccccc3C2=O)C1. The first-order valence-corrected chi connectivity index (χ1v) is 7.60. The number of carbonyl (C=O) groups excluding carboxylic acids is 2. The smallest absolute Gasteiger partial charge is 0.261 e. The van der Waals surface area contributed by atoms with Crippen LogP contribution in [-0.2, 0) is 0 Å². The number of amides is 2. The molecule has 0 saturated heterocycles. The van der Waals surface area contributed by atoms with Crippen molar-refractivity contribution >= 4 is 11.8 Å². The van der Waals surface area contributed by atoms with E-state index in [1.54, 1.807) is 12.1 Å². The lowest BCUT2D eigenvalue weighted by molar-refractivity contribution is -0.127. The van der Waals surface area contributed by atoms with Gasteiger partial charge in [-0.15, -0.1) is 0 Å². The summed E-state index contributed by atoms with van der Waals surface area (Å²) in [6, 6.07) is 7.22. The quantitative estimate of drug-likeness (QED) is 0.616. The van der Waals surface area contributed by atoms with Gasteiger partial charge < -0.3 is 10.2 Å². The highest BCUT2D eigenvalue weighted by Crippen LogP contribution is 2.34. The molecule has 0 radical (unpaired) electrons. The largest absolute Gasteiger partial charge is 0.366 e. The third-order valence-corrected chi connectivity index (χ3v) is 3.86. The van der Waals surface area contributed by atoms with Crippen molar-refractivity contribution in [2.24, 2.45) is 5.92 Å². The van der Waals surface area contributed by atoms with Crippen molar-refractivity contribution in [3.8, 4) is 0 Å². The maximum absolute atomic E-state index is 12.2. The van der Waals surface area contributed by atoms with E-state index in [4.69, 9.17) is 10.2 Å². The third-order valence-electron chi connectivity index (χ3n) is 3.86. The predicted molar refractivity (Wildman–Crippen MR) is 82.3 cm³/mol. The van der Waals surface area contributed by atoms with Gasteiger partial charge >= 0.3 is 0 Å². The number of hydrogen-bond donors (Lipinski definition) is 2. The predicted octanol–water partition coefficient (Wildman–Crippen LogP) is 2.18. The van der Waals surface area contributed by atoms with Crippen LogP contribution in [0, 0.1) is 5.92 Å². The van der Waals surface area contributed by atoms with Crippen LogP contribution in [0.3, 0.4) is 0 Å². The van der Waals surface area contributed by atoms with E-state index in [2.05, 4.69) is 6.92 Å². The van der Waals surface area contributed by atoms with E-state index in [9.17, 15) is 9.59 Å². The number of hydrogen-bond acceptors (Lipinski definition) is 4. The summed E-state index contributed by atoms with van der Waals surface area (Å²) >= 11 is 0. The second kappa shape index (κ2) is 6.18. The minimum Gasteiger partial charge on any atom is -0.366 e. The average molecular weight is 305 g/mol. The summed E-state index contributed by atoms with van der Waals surface area (Å²) in [5, 5.41) is 16.2. The van der Waals surface area contributed by atoms with Crippen LogP contribution >= 0.6 is 0 Å². The van der Waals surface area contributed by atoms with Crippen LogP contribution in [0.5, 0.6) is 0 Å². The molecular formula is C17H23NO4. The van der Waals surface area contributed by atoms with E-state index in [1.807, 2.05) is 12.1 Å². The molecule has 2 N–H and O–H groups in total. The number of carbonyl (C=O) groups is 2. The lowest BCUT2D eigenvalue weighted by Crippen LogP contribution is -2.38. The van der Waals surface area contributed by atoms with E-state index in [0.717, 1.165) is 19.3 Å². The maximum atomic E-state index is 12.2. The number of imide groups is 1. The van der Waals surface area contributed by atoms with Crippen LogP contribution < -0.4 is 0 Å². The molecule has 3 rings (SSSR count). The molecule has 5 nitrogen and oxygen atoms in total. The van der Waals surface area contributed by atoms with Crippen molar-refractivity contribution < 1.29 is 19.8 Å². The Balaban J connectivity index is 0.000000309. The molecule has 1 saturated carbocycles. The summed E-state index contributed by atoms with van der Waals surface area (Å²) < 4.78 is 0. The Hall–Kier alpha value is -1.72. The number of aliphatic hydroxyl groups is 2. The topological polar surface area (TPSA) is 77.8 Å². The Kier molecular flexibility index (Phi) is 4.68. The fraction of sp³-hybridized carbons (Fsp3) is 0.529. The highest BCUT2D eigenvalue weighted by atomic mass is 16.5. The average Bonchev–Trinajstić information content (AvgIpc) is 2.92. The fourth-order valence-corrected chi connectivity index (χ4v) is 2.95. The van der Waals surface area contributed by atoms with Gasteiger partial charge in [-0.1, -0.05) is 19.1 Å². The van der Waals surface area contributed by atoms with Gasteiger partial charge in [-0.05, 0) is 51.2 Å². The van der Waals surface area contributed by atoms with Crippen molar-refractivity contribution in [1.29, 1.82) is 0 Å². The van der Waals surface area contributed by atoms with Crippen LogP contribution in [0.4, 0.5) is 0 Å². The van der Waals surface area contributed by atoms with Crippen LogP contribution in [0.15, 0.2) is 24.3 Å². The summed E-state index contributed by atoms with van der Waals surface area (Å²) in [5.74, 6) is -1.10. The van der Waals surface area contributed by atoms with E-state index < -0.39 is 5.79 Å². The lowest BCUT2D eigenvalue weighted by Gasteiger charge is -2.21. The van der Waals surface area contributed by atoms with Gasteiger partial charge in [-0.25, -0.2) is 0 Å². The molecule has 1 aliphatic heterocycles. The molecule has 1 heterocycles. The summed E-state index contributed by atoms with van der Waals surface area (Å²) in [4.78, 5) is 25.9. The van der Waals surface area contributed by atoms with Crippen molar-refractivity contribution in [2.45, 2.75) is 51.9 Å². The highest BCUT2D eigenvalue weighted by molar-refractivity contribution is 6.21. The van der Waals surface area contributed by atoms with Gasteiger partial charge in [0, 0.05) is 6.04 Å². The summed E-state index contributed by atoms with van der Waals surface area (Å²) in [6.45, 7) is 4.78. The third kappa shape index (κ3) is 3.72. The van der Waals surface area contributed by atoms with Crippen LogP contribution in [0.2, 0.25) is 0 Å². The fourth-order valence-electron chi connectivity index (χ4n) is 2.95. The molecule has 2 amide bonds. The summed E-state index contributed by atoms with van der Waals surface area (Å²) in [5.41, 5.74) is 1.13. The molecule has 1 aliphatic carbocycles. The standard InChI is InChI=1S/C14H15NO2.C3H8O2/c1-9-6-7-10(8-9)15-13(16)11-4-2-3-5-12(11)14(15)17;1-3(2,4)5/h2-5,9-10H,6-8H2,1H3;4-5H,1-2H3. The van der Waals surface area contributed by atoms with Gasteiger partial charge in [-0.3, -0.25) is 14.5 Å². The molecule has 5 heteroatoms. The van der Waals surface area contributed by atoms with Gasteiger partial charge in [-0.2, -0.15) is 0 Å². The molecule has 0 bridgehead atoms. The number of nitrogens with zero attached hydrogens (tertiary/aromatic N) is 1. The van der Waals surface area contributed by atoms with Gasteiger partial charge in [0.2, 0.25) is 0 Å². The number of fused-ring (bicyclic) bond motifs is 1. The van der Waals surface area contributed by atoms with Crippen LogP contribution in [0.25, 0.3) is 0 Å². The van der Waals surface area contributed by atoms with Gasteiger partial charge in [0.1, 0.15) is 0 Å². The summed E-state index contributed by atoms with van der Waals surface area (Å²) in [6.07, 6.45) is 3.01. The van der Waals surface area contributed by atoms with Crippen molar-refractivity contribution in [1.82, 2.24) is 4.90 Å². The molecule has 2 aliphatic rings. The van der Waals surface area contributed by atoms with E-state index in [-0.39, 0.29) is 17.9 Å². The molecule has 1 fully saturated rings. The van der Waals surface area contributed by atoms with Crippen molar-refractivity contribution in [2.75, 3.05) is 0 Å². The van der Waals surface area contributed by atoms with E-state index >= 15 is 0 Å². The van der Waals surface area contributed by atoms with Crippen molar-refractivity contribution in [3.05, 3.63) is 35.4 Å². The molecule has 2 unspecified atom stereocenters. The molecule has 120 valence electrons.